The molecule has 2 unspecified atom stereocenters. The van der Waals surface area contributed by atoms with Crippen molar-refractivity contribution in [3.63, 3.8) is 0 Å². The van der Waals surface area contributed by atoms with E-state index in [2.05, 4.69) is 0 Å². The Morgan fingerprint density at radius 2 is 2.33 bits per heavy atom. The Bertz CT molecular complexity index is 191. The van der Waals surface area contributed by atoms with E-state index < -0.39 is 11.6 Å². The maximum absolute atomic E-state index is 10.5. The van der Waals surface area contributed by atoms with Gasteiger partial charge in [0.05, 0.1) is 0 Å². The Hall–Kier alpha value is -0.610. The van der Waals surface area contributed by atoms with E-state index in [1.165, 1.54) is 6.92 Å². The third-order valence-corrected chi connectivity index (χ3v) is 2.43. The minimum absolute atomic E-state index is 0.226. The van der Waals surface area contributed by atoms with E-state index in [9.17, 15) is 9.90 Å². The first-order chi connectivity index (χ1) is 5.43. The fourth-order valence-corrected chi connectivity index (χ4v) is 1.27. The molecule has 0 bridgehead atoms. The molecule has 4 heteroatoms. The summed E-state index contributed by atoms with van der Waals surface area (Å²) in [6, 6.07) is 0.413. The van der Waals surface area contributed by atoms with Gasteiger partial charge >= 0.3 is 5.97 Å². The number of aliphatic carboxylic acids is 1. The average Bonchev–Trinajstić information content (AvgIpc) is 1.97. The molecule has 0 aromatic rings. The second-order valence-corrected chi connectivity index (χ2v) is 3.69. The topological polar surface area (TPSA) is 60.8 Å². The third-order valence-electron chi connectivity index (χ3n) is 2.43. The van der Waals surface area contributed by atoms with Crippen molar-refractivity contribution in [2.75, 3.05) is 13.1 Å². The van der Waals surface area contributed by atoms with Gasteiger partial charge < -0.3 is 10.2 Å². The number of carbonyl (C=O) groups is 1. The Labute approximate surface area is 71.8 Å². The first-order valence-electron chi connectivity index (χ1n) is 4.13. The molecule has 70 valence electrons. The molecule has 2 N–H and O–H groups in total. The molecule has 1 rings (SSSR count). The standard InChI is InChI=1S/C8H15NO3/c1-6-3-4-9(6)5-8(2,12)7(10)11/h6,12H,3-5H2,1-2H3,(H,10,11). The van der Waals surface area contributed by atoms with Crippen LogP contribution in [0.3, 0.4) is 0 Å². The Morgan fingerprint density at radius 1 is 1.75 bits per heavy atom. The van der Waals surface area contributed by atoms with E-state index >= 15 is 0 Å². The number of hydrogen-bond acceptors (Lipinski definition) is 3. The quantitative estimate of drug-likeness (QED) is 0.626. The summed E-state index contributed by atoms with van der Waals surface area (Å²) in [5.74, 6) is -1.15. The van der Waals surface area contributed by atoms with Gasteiger partial charge in [0.15, 0.2) is 5.60 Å². The van der Waals surface area contributed by atoms with E-state index in [0.29, 0.717) is 6.04 Å². The molecule has 0 aliphatic carbocycles. The normalized spacial score (nSPS) is 29.1. The zero-order chi connectivity index (χ0) is 9.35. The minimum Gasteiger partial charge on any atom is -0.479 e. The molecule has 1 aliphatic heterocycles. The minimum atomic E-state index is -1.60. The number of nitrogens with zero attached hydrogens (tertiary/aromatic N) is 1. The van der Waals surface area contributed by atoms with Crippen molar-refractivity contribution >= 4 is 5.97 Å². The van der Waals surface area contributed by atoms with Gasteiger partial charge in [-0.3, -0.25) is 4.90 Å². The first-order valence-corrected chi connectivity index (χ1v) is 4.13. The van der Waals surface area contributed by atoms with Crippen LogP contribution in [-0.4, -0.2) is 45.8 Å². The van der Waals surface area contributed by atoms with Crippen molar-refractivity contribution in [3.05, 3.63) is 0 Å². The first kappa shape index (κ1) is 9.48. The highest BCUT2D eigenvalue weighted by Crippen LogP contribution is 2.19. The summed E-state index contributed by atoms with van der Waals surface area (Å²) in [6.07, 6.45) is 1.09. The van der Waals surface area contributed by atoms with Crippen LogP contribution in [0, 0.1) is 0 Å². The Morgan fingerprint density at radius 3 is 2.58 bits per heavy atom. The van der Waals surface area contributed by atoms with Gasteiger partial charge in [-0.2, -0.15) is 0 Å². The molecule has 0 saturated carbocycles. The number of β-amino-alcohol motifs (C(OH)–C–C–N with tert-alkyl or cyclic N) is 1. The molecule has 0 spiro atoms. The van der Waals surface area contributed by atoms with Crippen LogP contribution < -0.4 is 0 Å². The lowest BCUT2D eigenvalue weighted by Crippen LogP contribution is -2.55. The molecular weight excluding hydrogens is 158 g/mol. The average molecular weight is 173 g/mol. The highest BCUT2D eigenvalue weighted by molar-refractivity contribution is 5.76. The summed E-state index contributed by atoms with van der Waals surface area (Å²) < 4.78 is 0. The SMILES string of the molecule is CC1CCN1CC(C)(O)C(=O)O. The molecule has 0 radical (unpaired) electrons. The largest absolute Gasteiger partial charge is 0.479 e. The number of carboxylic acids is 1. The van der Waals surface area contributed by atoms with Crippen molar-refractivity contribution < 1.29 is 15.0 Å². The summed E-state index contributed by atoms with van der Waals surface area (Å²) in [7, 11) is 0. The molecule has 1 aliphatic rings. The lowest BCUT2D eigenvalue weighted by molar-refractivity contribution is -0.160. The molecule has 1 heterocycles. The van der Waals surface area contributed by atoms with Gasteiger partial charge in [0.1, 0.15) is 0 Å². The van der Waals surface area contributed by atoms with Crippen molar-refractivity contribution in [2.45, 2.75) is 31.9 Å². The van der Waals surface area contributed by atoms with Crippen LogP contribution in [0.25, 0.3) is 0 Å². The van der Waals surface area contributed by atoms with Crippen LogP contribution >= 0.6 is 0 Å². The molecular formula is C8H15NO3. The van der Waals surface area contributed by atoms with Gasteiger partial charge in [-0.1, -0.05) is 0 Å². The third kappa shape index (κ3) is 1.76. The maximum atomic E-state index is 10.5. The predicted octanol–water partition coefficient (Wildman–Crippen LogP) is -0.0838. The van der Waals surface area contributed by atoms with E-state index in [0.717, 1.165) is 13.0 Å². The lowest BCUT2D eigenvalue weighted by atomic mass is 9.99. The van der Waals surface area contributed by atoms with Gasteiger partial charge in [0.2, 0.25) is 0 Å². The second kappa shape index (κ2) is 3.03. The molecule has 0 aromatic carbocycles. The van der Waals surface area contributed by atoms with Crippen LogP contribution in [0.2, 0.25) is 0 Å². The van der Waals surface area contributed by atoms with Crippen LogP contribution in [-0.2, 0) is 4.79 Å². The summed E-state index contributed by atoms with van der Waals surface area (Å²) in [5.41, 5.74) is -1.60. The summed E-state index contributed by atoms with van der Waals surface area (Å²) in [5, 5.41) is 18.0. The molecule has 1 fully saturated rings. The predicted molar refractivity (Wildman–Crippen MR) is 43.9 cm³/mol. The zero-order valence-corrected chi connectivity index (χ0v) is 7.45. The van der Waals surface area contributed by atoms with E-state index in [-0.39, 0.29) is 6.54 Å². The number of hydrogen-bond donors (Lipinski definition) is 2. The summed E-state index contributed by atoms with van der Waals surface area (Å²) in [4.78, 5) is 12.5. The monoisotopic (exact) mass is 173 g/mol. The van der Waals surface area contributed by atoms with Crippen LogP contribution in [0.5, 0.6) is 0 Å². The molecule has 4 nitrogen and oxygen atoms in total. The van der Waals surface area contributed by atoms with Gasteiger partial charge in [-0.25, -0.2) is 4.79 Å². The fraction of sp³-hybridized carbons (Fsp3) is 0.875. The highest BCUT2D eigenvalue weighted by Gasteiger charge is 2.36. The molecule has 2 atom stereocenters. The number of carboxylic acid groups (broad SMARTS) is 1. The summed E-state index contributed by atoms with van der Waals surface area (Å²) in [6.45, 7) is 4.48. The number of aliphatic hydroxyl groups is 1. The lowest BCUT2D eigenvalue weighted by Gasteiger charge is -2.41. The van der Waals surface area contributed by atoms with Gasteiger partial charge in [-0.15, -0.1) is 0 Å². The van der Waals surface area contributed by atoms with Crippen LogP contribution in [0.1, 0.15) is 20.3 Å². The number of likely N-dealkylation sites (tertiary alicyclic amines) is 1. The van der Waals surface area contributed by atoms with Crippen molar-refractivity contribution in [1.82, 2.24) is 4.90 Å². The van der Waals surface area contributed by atoms with E-state index in [1.54, 1.807) is 0 Å². The molecule has 0 aromatic heterocycles. The smallest absolute Gasteiger partial charge is 0.336 e. The van der Waals surface area contributed by atoms with Crippen LogP contribution in [0.15, 0.2) is 0 Å². The second-order valence-electron chi connectivity index (χ2n) is 3.69. The zero-order valence-electron chi connectivity index (χ0n) is 7.45. The van der Waals surface area contributed by atoms with Gasteiger partial charge in [0, 0.05) is 19.1 Å². The molecule has 12 heavy (non-hydrogen) atoms. The van der Waals surface area contributed by atoms with Crippen molar-refractivity contribution in [3.8, 4) is 0 Å². The molecule has 0 amide bonds. The fourth-order valence-electron chi connectivity index (χ4n) is 1.27. The van der Waals surface area contributed by atoms with Crippen LogP contribution in [0.4, 0.5) is 0 Å². The van der Waals surface area contributed by atoms with Crippen molar-refractivity contribution in [1.29, 1.82) is 0 Å². The number of rotatable bonds is 3. The highest BCUT2D eigenvalue weighted by atomic mass is 16.4. The van der Waals surface area contributed by atoms with Gasteiger partial charge in [-0.05, 0) is 20.3 Å². The van der Waals surface area contributed by atoms with Gasteiger partial charge in [0.25, 0.3) is 0 Å². The van der Waals surface area contributed by atoms with E-state index in [1.807, 2.05) is 11.8 Å². The van der Waals surface area contributed by atoms with E-state index in [4.69, 9.17) is 5.11 Å². The maximum Gasteiger partial charge on any atom is 0.336 e. The summed E-state index contributed by atoms with van der Waals surface area (Å²) >= 11 is 0. The van der Waals surface area contributed by atoms with Crippen molar-refractivity contribution in [2.24, 2.45) is 0 Å². The Balaban J connectivity index is 2.44. The Kier molecular flexibility index (Phi) is 2.39. The molecule has 1 saturated heterocycles.